The number of nitrogen functional groups attached to an aromatic ring is 2. The van der Waals surface area contributed by atoms with Crippen LogP contribution < -0.4 is 21.9 Å². The van der Waals surface area contributed by atoms with Crippen LogP contribution in [0.1, 0.15) is 11.1 Å². The number of nitrogens with one attached hydrogen (secondary N) is 1. The quantitative estimate of drug-likeness (QED) is 0.556. The summed E-state index contributed by atoms with van der Waals surface area (Å²) < 4.78 is 0. The molecule has 0 saturated carbocycles. The molecule has 5 N–H and O–H groups in total. The fraction of sp³-hybridized carbons (Fsp3) is 0.286. The average molecular weight is 270 g/mol. The molecular weight excluding hydrogens is 252 g/mol. The molecule has 1 aliphatic rings. The Bertz CT molecular complexity index is 585. The molecule has 0 radical (unpaired) electrons. The van der Waals surface area contributed by atoms with Gasteiger partial charge in [0.15, 0.2) is 0 Å². The third kappa shape index (κ3) is 2.50. The average Bonchev–Trinajstić information content (AvgIpc) is 2.69. The standard InChI is InChI=1S/C14H18N6/c15-14-17-12(19-16)9-13(18-14)20-7-5-10-3-1-2-4-11(10)6-8-20/h1-4,9H,5-8,16H2,(H3,15,17,18,19). The highest BCUT2D eigenvalue weighted by Gasteiger charge is 2.16. The van der Waals surface area contributed by atoms with Crippen molar-refractivity contribution in [2.75, 3.05) is 29.1 Å². The number of anilines is 3. The van der Waals surface area contributed by atoms with Crippen LogP contribution in [0.15, 0.2) is 30.3 Å². The van der Waals surface area contributed by atoms with Crippen molar-refractivity contribution in [3.05, 3.63) is 41.5 Å². The van der Waals surface area contributed by atoms with Crippen LogP contribution in [0.3, 0.4) is 0 Å². The topological polar surface area (TPSA) is 93.1 Å². The predicted octanol–water partition coefficient (Wildman–Crippen LogP) is 0.950. The van der Waals surface area contributed by atoms with Crippen LogP contribution in [0.5, 0.6) is 0 Å². The summed E-state index contributed by atoms with van der Waals surface area (Å²) in [5, 5.41) is 0. The van der Waals surface area contributed by atoms with Gasteiger partial charge in [0, 0.05) is 19.2 Å². The summed E-state index contributed by atoms with van der Waals surface area (Å²) in [6, 6.07) is 10.4. The van der Waals surface area contributed by atoms with Crippen molar-refractivity contribution in [2.24, 2.45) is 5.84 Å². The minimum Gasteiger partial charge on any atom is -0.368 e. The van der Waals surface area contributed by atoms with Crippen LogP contribution in [-0.4, -0.2) is 23.1 Å². The molecule has 1 aromatic heterocycles. The molecule has 0 fully saturated rings. The lowest BCUT2D eigenvalue weighted by Gasteiger charge is -2.21. The molecule has 2 aromatic rings. The molecule has 0 bridgehead atoms. The minimum atomic E-state index is 0.234. The van der Waals surface area contributed by atoms with Crippen LogP contribution in [0.4, 0.5) is 17.6 Å². The van der Waals surface area contributed by atoms with E-state index in [2.05, 4.69) is 44.6 Å². The van der Waals surface area contributed by atoms with Crippen molar-refractivity contribution >= 4 is 17.6 Å². The highest BCUT2D eigenvalue weighted by molar-refractivity contribution is 5.52. The summed E-state index contributed by atoms with van der Waals surface area (Å²) in [6.45, 7) is 1.83. The monoisotopic (exact) mass is 270 g/mol. The van der Waals surface area contributed by atoms with Crippen molar-refractivity contribution in [1.82, 2.24) is 9.97 Å². The Hall–Kier alpha value is -2.34. The number of nitrogens with two attached hydrogens (primary N) is 2. The van der Waals surface area contributed by atoms with E-state index in [0.29, 0.717) is 5.82 Å². The van der Waals surface area contributed by atoms with Crippen LogP contribution >= 0.6 is 0 Å². The van der Waals surface area contributed by atoms with Gasteiger partial charge in [-0.25, -0.2) is 5.84 Å². The summed E-state index contributed by atoms with van der Waals surface area (Å²) in [7, 11) is 0. The lowest BCUT2D eigenvalue weighted by molar-refractivity contribution is 0.789. The smallest absolute Gasteiger partial charge is 0.223 e. The molecule has 0 atom stereocenters. The second-order valence-corrected chi connectivity index (χ2v) is 4.87. The van der Waals surface area contributed by atoms with Gasteiger partial charge in [-0.15, -0.1) is 0 Å². The number of nitrogens with zero attached hydrogens (tertiary/aromatic N) is 3. The normalized spacial score (nSPS) is 14.6. The van der Waals surface area contributed by atoms with Gasteiger partial charge >= 0.3 is 0 Å². The van der Waals surface area contributed by atoms with Gasteiger partial charge in [0.05, 0.1) is 0 Å². The van der Waals surface area contributed by atoms with Gasteiger partial charge in [-0.3, -0.25) is 0 Å². The van der Waals surface area contributed by atoms with E-state index >= 15 is 0 Å². The lowest BCUT2D eigenvalue weighted by atomic mass is 10.0. The Morgan fingerprint density at radius 2 is 1.70 bits per heavy atom. The Balaban J connectivity index is 1.85. The molecule has 1 aliphatic heterocycles. The predicted molar refractivity (Wildman–Crippen MR) is 80.3 cm³/mol. The first-order valence-corrected chi connectivity index (χ1v) is 6.69. The van der Waals surface area contributed by atoms with Crippen LogP contribution in [0.2, 0.25) is 0 Å². The summed E-state index contributed by atoms with van der Waals surface area (Å²) in [5.74, 6) is 6.99. The van der Waals surface area contributed by atoms with Crippen LogP contribution in [0.25, 0.3) is 0 Å². The van der Waals surface area contributed by atoms with E-state index in [4.69, 9.17) is 11.6 Å². The van der Waals surface area contributed by atoms with E-state index in [0.717, 1.165) is 31.7 Å². The first-order valence-electron chi connectivity index (χ1n) is 6.69. The summed E-state index contributed by atoms with van der Waals surface area (Å²) >= 11 is 0. The maximum atomic E-state index is 5.72. The minimum absolute atomic E-state index is 0.234. The van der Waals surface area contributed by atoms with E-state index in [9.17, 15) is 0 Å². The highest BCUT2D eigenvalue weighted by atomic mass is 15.3. The maximum Gasteiger partial charge on any atom is 0.223 e. The van der Waals surface area contributed by atoms with E-state index in [-0.39, 0.29) is 5.95 Å². The number of aromatic nitrogens is 2. The SMILES string of the molecule is NNc1cc(N2CCc3ccccc3CC2)nc(N)n1. The van der Waals surface area contributed by atoms with Crippen LogP contribution in [-0.2, 0) is 12.8 Å². The van der Waals surface area contributed by atoms with E-state index in [1.165, 1.54) is 11.1 Å². The molecule has 6 nitrogen and oxygen atoms in total. The third-order valence-electron chi connectivity index (χ3n) is 3.62. The molecule has 0 amide bonds. The zero-order valence-electron chi connectivity index (χ0n) is 11.2. The number of hydrogen-bond acceptors (Lipinski definition) is 6. The number of hydrogen-bond donors (Lipinski definition) is 3. The molecular formula is C14H18N6. The van der Waals surface area contributed by atoms with Gasteiger partial charge in [0.2, 0.25) is 5.95 Å². The molecule has 3 rings (SSSR count). The molecule has 104 valence electrons. The largest absolute Gasteiger partial charge is 0.368 e. The molecule has 0 spiro atoms. The second kappa shape index (κ2) is 5.34. The number of hydrazine groups is 1. The van der Waals surface area contributed by atoms with Gasteiger partial charge in [-0.1, -0.05) is 24.3 Å². The van der Waals surface area contributed by atoms with Gasteiger partial charge < -0.3 is 16.1 Å². The fourth-order valence-corrected chi connectivity index (χ4v) is 2.59. The number of rotatable bonds is 2. The lowest BCUT2D eigenvalue weighted by Crippen LogP contribution is -2.27. The van der Waals surface area contributed by atoms with Crippen LogP contribution in [0, 0.1) is 0 Å². The molecule has 2 heterocycles. The van der Waals surface area contributed by atoms with Gasteiger partial charge in [-0.2, -0.15) is 9.97 Å². The first-order chi connectivity index (χ1) is 9.76. The molecule has 6 heteroatoms. The third-order valence-corrected chi connectivity index (χ3v) is 3.62. The molecule has 0 aliphatic carbocycles. The number of fused-ring (bicyclic) bond motifs is 1. The highest BCUT2D eigenvalue weighted by Crippen LogP contribution is 2.21. The Morgan fingerprint density at radius 1 is 1.05 bits per heavy atom. The van der Waals surface area contributed by atoms with E-state index < -0.39 is 0 Å². The van der Waals surface area contributed by atoms with Crippen molar-refractivity contribution in [1.29, 1.82) is 0 Å². The fourth-order valence-electron chi connectivity index (χ4n) is 2.59. The van der Waals surface area contributed by atoms with Crippen molar-refractivity contribution in [3.8, 4) is 0 Å². The molecule has 20 heavy (non-hydrogen) atoms. The Morgan fingerprint density at radius 3 is 2.30 bits per heavy atom. The van der Waals surface area contributed by atoms with Gasteiger partial charge in [0.1, 0.15) is 11.6 Å². The Labute approximate surface area is 117 Å². The second-order valence-electron chi connectivity index (χ2n) is 4.87. The van der Waals surface area contributed by atoms with E-state index in [1.807, 2.05) is 6.07 Å². The number of benzene rings is 1. The van der Waals surface area contributed by atoms with Crippen molar-refractivity contribution < 1.29 is 0 Å². The van der Waals surface area contributed by atoms with Gasteiger partial charge in [-0.05, 0) is 24.0 Å². The molecule has 0 saturated heterocycles. The molecule has 0 unspecified atom stereocenters. The van der Waals surface area contributed by atoms with Crippen molar-refractivity contribution in [3.63, 3.8) is 0 Å². The maximum absolute atomic E-state index is 5.72. The summed E-state index contributed by atoms with van der Waals surface area (Å²) in [4.78, 5) is 10.5. The van der Waals surface area contributed by atoms with E-state index in [1.54, 1.807) is 0 Å². The Kier molecular flexibility index (Phi) is 3.39. The zero-order valence-corrected chi connectivity index (χ0v) is 11.2. The van der Waals surface area contributed by atoms with Crippen molar-refractivity contribution in [2.45, 2.75) is 12.8 Å². The van der Waals surface area contributed by atoms with Gasteiger partial charge in [0.25, 0.3) is 0 Å². The summed E-state index contributed by atoms with van der Waals surface area (Å²) in [6.07, 6.45) is 2.01. The zero-order chi connectivity index (χ0) is 13.9. The molecule has 1 aromatic carbocycles. The first kappa shape index (κ1) is 12.7. The summed E-state index contributed by atoms with van der Waals surface area (Å²) in [5.41, 5.74) is 11.1.